The van der Waals surface area contributed by atoms with Gasteiger partial charge in [0.05, 0.1) is 37.8 Å². The number of aromatic nitrogens is 1. The normalized spacial score (nSPS) is 15.0. The summed E-state index contributed by atoms with van der Waals surface area (Å²) in [5, 5.41) is 19.1. The number of hydrazone groups is 1. The third kappa shape index (κ3) is 4.85. The Hall–Kier alpha value is -2.75. The van der Waals surface area contributed by atoms with Crippen LogP contribution in [0.25, 0.3) is 17.0 Å². The summed E-state index contributed by atoms with van der Waals surface area (Å²) in [6, 6.07) is 5.73. The lowest BCUT2D eigenvalue weighted by Crippen LogP contribution is -2.27. The number of fused-ring (bicyclic) bond motifs is 3. The van der Waals surface area contributed by atoms with Crippen LogP contribution < -0.4 is 10.1 Å². The van der Waals surface area contributed by atoms with E-state index in [-0.39, 0.29) is 25.2 Å². The number of hydrogen-bond acceptors (Lipinski definition) is 8. The Morgan fingerprint density at radius 1 is 1.38 bits per heavy atom. The third-order valence-corrected chi connectivity index (χ3v) is 6.27. The van der Waals surface area contributed by atoms with Crippen molar-refractivity contribution < 1.29 is 19.4 Å². The van der Waals surface area contributed by atoms with Gasteiger partial charge in [-0.2, -0.15) is 5.10 Å². The maximum Gasteiger partial charge on any atom is 0.251 e. The molecule has 0 saturated heterocycles. The Balaban J connectivity index is 1.55. The molecule has 2 aliphatic heterocycles. The summed E-state index contributed by atoms with van der Waals surface area (Å²) in [6.07, 6.45) is 5.65. The summed E-state index contributed by atoms with van der Waals surface area (Å²) >= 11 is 1.68. The topological polar surface area (TPSA) is 96.3 Å². The molecule has 1 amide bonds. The number of nitrogens with zero attached hydrogens (tertiary/aromatic N) is 3. The summed E-state index contributed by atoms with van der Waals surface area (Å²) < 4.78 is 11.1. The lowest BCUT2D eigenvalue weighted by molar-refractivity contribution is 0.0838. The highest BCUT2D eigenvalue weighted by Gasteiger charge is 2.25. The van der Waals surface area contributed by atoms with E-state index in [0.29, 0.717) is 31.1 Å². The van der Waals surface area contributed by atoms with Crippen molar-refractivity contribution in [1.29, 1.82) is 0 Å². The maximum absolute atomic E-state index is 12.5. The van der Waals surface area contributed by atoms with Crippen molar-refractivity contribution >= 4 is 29.2 Å². The summed E-state index contributed by atoms with van der Waals surface area (Å²) in [6.45, 7) is 5.72. The predicted molar refractivity (Wildman–Crippen MR) is 125 cm³/mol. The van der Waals surface area contributed by atoms with Crippen LogP contribution in [0, 0.1) is 0 Å². The molecule has 0 fully saturated rings. The van der Waals surface area contributed by atoms with E-state index in [4.69, 9.17) is 19.6 Å². The second kappa shape index (κ2) is 10.2. The first kappa shape index (κ1) is 22.4. The van der Waals surface area contributed by atoms with Crippen LogP contribution in [-0.2, 0) is 11.2 Å². The van der Waals surface area contributed by atoms with E-state index in [1.54, 1.807) is 23.5 Å². The predicted octanol–water partition coefficient (Wildman–Crippen LogP) is 2.92. The van der Waals surface area contributed by atoms with Gasteiger partial charge in [0.1, 0.15) is 10.8 Å². The summed E-state index contributed by atoms with van der Waals surface area (Å²) in [7, 11) is 0. The smallest absolute Gasteiger partial charge is 0.251 e. The molecule has 0 saturated carbocycles. The number of amides is 1. The van der Waals surface area contributed by atoms with E-state index in [1.165, 1.54) is 4.88 Å². The van der Waals surface area contributed by atoms with E-state index in [9.17, 15) is 4.79 Å². The van der Waals surface area contributed by atoms with Crippen LogP contribution in [0.1, 0.15) is 40.5 Å². The second-order valence-electron chi connectivity index (χ2n) is 7.75. The van der Waals surface area contributed by atoms with Crippen molar-refractivity contribution in [3.63, 3.8) is 0 Å². The van der Waals surface area contributed by atoms with Crippen LogP contribution in [0.5, 0.6) is 5.75 Å². The monoisotopic (exact) mass is 456 g/mol. The minimum absolute atomic E-state index is 0.0313. The van der Waals surface area contributed by atoms with Crippen molar-refractivity contribution in [3.8, 4) is 17.0 Å². The number of carbonyl (C=O) groups is 1. The number of hydrogen-bond donors (Lipinski definition) is 2. The Kier molecular flexibility index (Phi) is 7.19. The van der Waals surface area contributed by atoms with Crippen molar-refractivity contribution in [2.75, 3.05) is 33.0 Å². The first-order valence-corrected chi connectivity index (χ1v) is 11.7. The fourth-order valence-electron chi connectivity index (χ4n) is 3.63. The van der Waals surface area contributed by atoms with Gasteiger partial charge in [-0.15, -0.1) is 11.3 Å². The molecule has 3 heterocycles. The Bertz CT molecular complexity index is 1030. The van der Waals surface area contributed by atoms with Crippen molar-refractivity contribution in [3.05, 3.63) is 39.7 Å². The molecule has 1 aromatic heterocycles. The second-order valence-corrected chi connectivity index (χ2v) is 8.84. The van der Waals surface area contributed by atoms with Gasteiger partial charge in [-0.25, -0.2) is 4.98 Å². The zero-order valence-electron chi connectivity index (χ0n) is 18.3. The largest absolute Gasteiger partial charge is 0.492 e. The molecule has 0 atom stereocenters. The molecule has 9 heteroatoms. The van der Waals surface area contributed by atoms with Gasteiger partial charge in [0, 0.05) is 47.6 Å². The molecule has 2 N–H and O–H groups in total. The summed E-state index contributed by atoms with van der Waals surface area (Å²) in [5.74, 6) is 0.478. The average molecular weight is 457 g/mol. The quantitative estimate of drug-likeness (QED) is 0.593. The average Bonchev–Trinajstić information content (AvgIpc) is 3.15. The molecule has 2 aromatic rings. The molecule has 32 heavy (non-hydrogen) atoms. The molecular weight excluding hydrogens is 428 g/mol. The first-order valence-electron chi connectivity index (χ1n) is 10.8. The molecule has 4 rings (SSSR count). The van der Waals surface area contributed by atoms with Gasteiger partial charge in [-0.3, -0.25) is 9.80 Å². The lowest BCUT2D eigenvalue weighted by atomic mass is 10.1. The van der Waals surface area contributed by atoms with Gasteiger partial charge in [0.25, 0.3) is 5.91 Å². The van der Waals surface area contributed by atoms with Crippen LogP contribution in [0.3, 0.4) is 0 Å². The van der Waals surface area contributed by atoms with E-state index < -0.39 is 0 Å². The number of allylic oxidation sites excluding steroid dienone is 1. The highest BCUT2D eigenvalue weighted by atomic mass is 32.1. The zero-order valence-corrected chi connectivity index (χ0v) is 19.2. The molecule has 8 nitrogen and oxygen atoms in total. The van der Waals surface area contributed by atoms with E-state index >= 15 is 0 Å². The molecule has 0 spiro atoms. The summed E-state index contributed by atoms with van der Waals surface area (Å²) in [4.78, 5) is 18.6. The fraction of sp³-hybridized carbons (Fsp3) is 0.435. The Morgan fingerprint density at radius 2 is 2.25 bits per heavy atom. The molecular formula is C23H28N4O4S. The summed E-state index contributed by atoms with van der Waals surface area (Å²) in [5.41, 5.74) is 3.39. The molecule has 1 aromatic carbocycles. The first-order chi connectivity index (χ1) is 15.6. The number of aliphatic hydroxyl groups is 1. The third-order valence-electron chi connectivity index (χ3n) is 5.13. The van der Waals surface area contributed by atoms with Gasteiger partial charge in [-0.1, -0.05) is 6.08 Å². The van der Waals surface area contributed by atoms with Gasteiger partial charge < -0.3 is 19.9 Å². The van der Waals surface area contributed by atoms with Gasteiger partial charge in [0.15, 0.2) is 0 Å². The molecule has 0 bridgehead atoms. The van der Waals surface area contributed by atoms with Crippen LogP contribution in [0.2, 0.25) is 0 Å². The number of ether oxygens (including phenoxy) is 2. The standard InChI is InChI=1S/C23H28N4O4S/c1-15(2)27-18(4-3-8-25-27)23-26-21-17-6-5-16(22(29)24-9-12-30-13-10-28)14-19(17)31-11-7-20(21)32-23/h4-6,8,14-15,28H,3,7,9-13H2,1-2H3,(H,24,29). The molecule has 0 aliphatic carbocycles. The number of thiazole rings is 1. The maximum atomic E-state index is 12.5. The zero-order chi connectivity index (χ0) is 22.5. The van der Waals surface area contributed by atoms with Crippen LogP contribution in [0.15, 0.2) is 29.4 Å². The highest BCUT2D eigenvalue weighted by molar-refractivity contribution is 7.13. The van der Waals surface area contributed by atoms with Crippen molar-refractivity contribution in [1.82, 2.24) is 15.3 Å². The SMILES string of the molecule is CC(C)N1N=CCC=C1c1nc2c(s1)CCOc1cc(C(=O)NCCOCCO)ccc1-2. The van der Waals surface area contributed by atoms with E-state index in [2.05, 4.69) is 30.3 Å². The minimum Gasteiger partial charge on any atom is -0.492 e. The van der Waals surface area contributed by atoms with Crippen molar-refractivity contribution in [2.24, 2.45) is 5.10 Å². The van der Waals surface area contributed by atoms with Gasteiger partial charge in [-0.05, 0) is 32.0 Å². The molecule has 0 unspecified atom stereocenters. The van der Waals surface area contributed by atoms with Gasteiger partial charge >= 0.3 is 0 Å². The van der Waals surface area contributed by atoms with E-state index in [0.717, 1.165) is 34.8 Å². The lowest BCUT2D eigenvalue weighted by Gasteiger charge is -2.27. The van der Waals surface area contributed by atoms with Crippen LogP contribution in [-0.4, -0.2) is 66.2 Å². The van der Waals surface area contributed by atoms with E-state index in [1.807, 2.05) is 17.3 Å². The number of nitrogens with one attached hydrogen (secondary N) is 1. The highest BCUT2D eigenvalue weighted by Crippen LogP contribution is 2.40. The number of aliphatic hydroxyl groups excluding tert-OH is 1. The fourth-order valence-corrected chi connectivity index (χ4v) is 4.72. The number of benzene rings is 1. The molecule has 2 aliphatic rings. The van der Waals surface area contributed by atoms with Crippen molar-refractivity contribution in [2.45, 2.75) is 32.7 Å². The number of carbonyl (C=O) groups excluding carboxylic acids is 1. The Labute approximate surface area is 191 Å². The Morgan fingerprint density at radius 3 is 3.06 bits per heavy atom. The molecule has 170 valence electrons. The molecule has 0 radical (unpaired) electrons. The van der Waals surface area contributed by atoms with Crippen LogP contribution in [0.4, 0.5) is 0 Å². The van der Waals surface area contributed by atoms with Crippen LogP contribution >= 0.6 is 11.3 Å². The minimum atomic E-state index is -0.190. The number of rotatable bonds is 8. The van der Waals surface area contributed by atoms with Gasteiger partial charge in [0.2, 0.25) is 0 Å².